The van der Waals surface area contributed by atoms with Crippen molar-refractivity contribution in [1.29, 1.82) is 0 Å². The summed E-state index contributed by atoms with van der Waals surface area (Å²) in [4.78, 5) is 56.6. The Balaban J connectivity index is 1.61. The van der Waals surface area contributed by atoms with Gasteiger partial charge < -0.3 is 25.2 Å². The summed E-state index contributed by atoms with van der Waals surface area (Å²) in [6.07, 6.45) is 0. The number of rotatable bonds is 7. The molecule has 0 spiro atoms. The highest BCUT2D eigenvalue weighted by atomic mass is 16.5. The third kappa shape index (κ3) is 5.85. The highest BCUT2D eigenvalue weighted by molar-refractivity contribution is 6.13. The number of esters is 1. The number of likely N-dealkylation sites (N-methyl/N-ethyl adjacent to an activating group) is 1. The first-order chi connectivity index (χ1) is 20.7. The SMILES string of the molecule is CNC(C)C(=O)N[C@H]1CN(C(=O)c2ccc(C(=O)OC)cc2)c2ccccc2N(Cc2c(C)ccc3ccccc23)C1=O. The van der Waals surface area contributed by atoms with Crippen LogP contribution < -0.4 is 20.4 Å². The molecule has 3 amide bonds. The number of hydrogen-bond acceptors (Lipinski definition) is 6. The Hall–Kier alpha value is -5.02. The number of hydrogen-bond donors (Lipinski definition) is 2. The van der Waals surface area contributed by atoms with Gasteiger partial charge in [0.2, 0.25) is 5.91 Å². The van der Waals surface area contributed by atoms with Crippen molar-refractivity contribution in [3.8, 4) is 0 Å². The maximum Gasteiger partial charge on any atom is 0.337 e. The lowest BCUT2D eigenvalue weighted by atomic mass is 9.99. The molecule has 0 saturated carbocycles. The number of anilines is 2. The molecule has 0 aromatic heterocycles. The van der Waals surface area contributed by atoms with Crippen molar-refractivity contribution in [2.24, 2.45) is 0 Å². The summed E-state index contributed by atoms with van der Waals surface area (Å²) in [5.74, 6) is -1.57. The molecular formula is C34H34N4O5. The summed E-state index contributed by atoms with van der Waals surface area (Å²) < 4.78 is 4.78. The van der Waals surface area contributed by atoms with Gasteiger partial charge in [-0.25, -0.2) is 4.79 Å². The first kappa shape index (κ1) is 29.5. The maximum atomic E-state index is 14.4. The van der Waals surface area contributed by atoms with E-state index >= 15 is 0 Å². The molecule has 5 rings (SSSR count). The Labute approximate surface area is 250 Å². The monoisotopic (exact) mass is 578 g/mol. The van der Waals surface area contributed by atoms with Crippen molar-refractivity contribution < 1.29 is 23.9 Å². The number of nitrogens with one attached hydrogen (secondary N) is 2. The number of amides is 3. The normalized spacial score (nSPS) is 15.4. The number of ether oxygens (including phenoxy) is 1. The lowest BCUT2D eigenvalue weighted by molar-refractivity contribution is -0.128. The van der Waals surface area contributed by atoms with Gasteiger partial charge in [-0.2, -0.15) is 0 Å². The van der Waals surface area contributed by atoms with Crippen LogP contribution in [0.4, 0.5) is 11.4 Å². The third-order valence-electron chi connectivity index (χ3n) is 7.92. The predicted octanol–water partition coefficient (Wildman–Crippen LogP) is 4.22. The highest BCUT2D eigenvalue weighted by Gasteiger charge is 2.38. The summed E-state index contributed by atoms with van der Waals surface area (Å²) in [7, 11) is 2.96. The highest BCUT2D eigenvalue weighted by Crippen LogP contribution is 2.36. The molecule has 1 aliphatic rings. The second-order valence-electron chi connectivity index (χ2n) is 10.6. The van der Waals surface area contributed by atoms with Gasteiger partial charge in [-0.1, -0.05) is 48.5 Å². The van der Waals surface area contributed by atoms with Gasteiger partial charge in [0, 0.05) is 5.56 Å². The molecule has 220 valence electrons. The predicted molar refractivity (Wildman–Crippen MR) is 166 cm³/mol. The standard InChI is InChI=1S/C34H34N4O5/c1-21-13-14-23-9-5-6-10-26(23)27(21)19-37-29-11-7-8-12-30(29)38(20-28(33(37)41)36-31(39)22(2)35-3)32(40)24-15-17-25(18-16-24)34(42)43-4/h5-18,22,28,35H,19-20H2,1-4H3,(H,36,39)/t22?,28-/m0/s1. The van der Waals surface area contributed by atoms with Crippen LogP contribution in [-0.2, 0) is 20.9 Å². The van der Waals surface area contributed by atoms with Crippen LogP contribution in [0.2, 0.25) is 0 Å². The summed E-state index contributed by atoms with van der Waals surface area (Å²) >= 11 is 0. The van der Waals surface area contributed by atoms with E-state index in [0.29, 0.717) is 22.5 Å². The molecule has 0 aliphatic carbocycles. The van der Waals surface area contributed by atoms with Crippen molar-refractivity contribution in [3.05, 3.63) is 107 Å². The molecule has 1 aliphatic heterocycles. The summed E-state index contributed by atoms with van der Waals surface area (Å²) in [5, 5.41) is 7.87. The molecule has 43 heavy (non-hydrogen) atoms. The zero-order valence-electron chi connectivity index (χ0n) is 24.6. The van der Waals surface area contributed by atoms with Gasteiger partial charge in [-0.05, 0) is 79.2 Å². The van der Waals surface area contributed by atoms with Crippen molar-refractivity contribution in [1.82, 2.24) is 10.6 Å². The van der Waals surface area contributed by atoms with Crippen LogP contribution in [-0.4, -0.2) is 56.5 Å². The minimum absolute atomic E-state index is 0.0827. The van der Waals surface area contributed by atoms with Crippen LogP contribution in [0.1, 0.15) is 38.8 Å². The van der Waals surface area contributed by atoms with Crippen LogP contribution in [0.3, 0.4) is 0 Å². The van der Waals surface area contributed by atoms with Gasteiger partial charge in [0.15, 0.2) is 0 Å². The Kier molecular flexibility index (Phi) is 8.54. The fourth-order valence-electron chi connectivity index (χ4n) is 5.31. The molecule has 9 heteroatoms. The van der Waals surface area contributed by atoms with Crippen molar-refractivity contribution in [2.75, 3.05) is 30.5 Å². The molecule has 2 N–H and O–H groups in total. The van der Waals surface area contributed by atoms with Crippen molar-refractivity contribution >= 4 is 45.8 Å². The molecule has 1 unspecified atom stereocenters. The molecule has 4 aromatic rings. The Morgan fingerprint density at radius 3 is 2.26 bits per heavy atom. The number of carbonyl (C=O) groups is 4. The van der Waals surface area contributed by atoms with Crippen molar-refractivity contribution in [3.63, 3.8) is 0 Å². The second-order valence-corrected chi connectivity index (χ2v) is 10.6. The average molecular weight is 579 g/mol. The minimum atomic E-state index is -1.02. The van der Waals surface area contributed by atoms with Gasteiger partial charge in [0.1, 0.15) is 6.04 Å². The number of aryl methyl sites for hydroxylation is 1. The summed E-state index contributed by atoms with van der Waals surface area (Å²) in [5.41, 5.74) is 3.73. The molecule has 0 radical (unpaired) electrons. The first-order valence-corrected chi connectivity index (χ1v) is 14.1. The van der Waals surface area contributed by atoms with E-state index in [1.54, 1.807) is 37.1 Å². The Morgan fingerprint density at radius 1 is 0.907 bits per heavy atom. The lowest BCUT2D eigenvalue weighted by Gasteiger charge is -2.27. The molecular weight excluding hydrogens is 544 g/mol. The smallest absolute Gasteiger partial charge is 0.337 e. The fourth-order valence-corrected chi connectivity index (χ4v) is 5.31. The van der Waals surface area contributed by atoms with Crippen molar-refractivity contribution in [2.45, 2.75) is 32.5 Å². The topological polar surface area (TPSA) is 108 Å². The molecule has 4 aromatic carbocycles. The number of fused-ring (bicyclic) bond motifs is 2. The van der Waals surface area contributed by atoms with Crippen LogP contribution in [0.15, 0.2) is 84.9 Å². The van der Waals surface area contributed by atoms with E-state index < -0.39 is 18.1 Å². The van der Waals surface area contributed by atoms with E-state index in [-0.39, 0.29) is 30.8 Å². The van der Waals surface area contributed by atoms with Gasteiger partial charge in [-0.3, -0.25) is 14.4 Å². The van der Waals surface area contributed by atoms with E-state index in [2.05, 4.69) is 16.7 Å². The number of nitrogens with zero attached hydrogens (tertiary/aromatic N) is 2. The van der Waals surface area contributed by atoms with E-state index in [4.69, 9.17) is 4.74 Å². The van der Waals surface area contributed by atoms with Crippen LogP contribution in [0.25, 0.3) is 10.8 Å². The number of carbonyl (C=O) groups excluding carboxylic acids is 4. The molecule has 0 saturated heterocycles. The first-order valence-electron chi connectivity index (χ1n) is 14.1. The average Bonchev–Trinajstić information content (AvgIpc) is 3.15. The van der Waals surface area contributed by atoms with Crippen LogP contribution >= 0.6 is 0 Å². The van der Waals surface area contributed by atoms with E-state index in [0.717, 1.165) is 21.9 Å². The molecule has 0 bridgehead atoms. The lowest BCUT2D eigenvalue weighted by Crippen LogP contribution is -2.55. The third-order valence-corrected chi connectivity index (χ3v) is 7.92. The molecule has 9 nitrogen and oxygen atoms in total. The van der Waals surface area contributed by atoms with Crippen LogP contribution in [0.5, 0.6) is 0 Å². The van der Waals surface area contributed by atoms with Gasteiger partial charge in [0.25, 0.3) is 11.8 Å². The minimum Gasteiger partial charge on any atom is -0.465 e. The summed E-state index contributed by atoms with van der Waals surface area (Å²) in [6.45, 7) is 3.87. The molecule has 0 fully saturated rings. The van der Waals surface area contributed by atoms with E-state index in [1.165, 1.54) is 24.1 Å². The zero-order chi connectivity index (χ0) is 30.7. The van der Waals surface area contributed by atoms with E-state index in [1.807, 2.05) is 55.5 Å². The maximum absolute atomic E-state index is 14.4. The zero-order valence-corrected chi connectivity index (χ0v) is 24.6. The fraction of sp³-hybridized carbons (Fsp3) is 0.235. The van der Waals surface area contributed by atoms with Gasteiger partial charge >= 0.3 is 5.97 Å². The van der Waals surface area contributed by atoms with Gasteiger partial charge in [0.05, 0.1) is 43.2 Å². The largest absolute Gasteiger partial charge is 0.465 e. The number of methoxy groups -OCH3 is 1. The van der Waals surface area contributed by atoms with Gasteiger partial charge in [-0.15, -0.1) is 0 Å². The van der Waals surface area contributed by atoms with Crippen LogP contribution in [0, 0.1) is 6.92 Å². The molecule has 2 atom stereocenters. The summed E-state index contributed by atoms with van der Waals surface area (Å²) in [6, 6.07) is 23.9. The Morgan fingerprint density at radius 2 is 1.56 bits per heavy atom. The second kappa shape index (κ2) is 12.5. The quantitative estimate of drug-likeness (QED) is 0.318. The van der Waals surface area contributed by atoms with E-state index in [9.17, 15) is 19.2 Å². The number of benzene rings is 4. The number of para-hydroxylation sites is 2. The Bertz CT molecular complexity index is 1700. The molecule has 1 heterocycles.